The van der Waals surface area contributed by atoms with Gasteiger partial charge >= 0.3 is 0 Å². The van der Waals surface area contributed by atoms with Crippen LogP contribution in [0.4, 0.5) is 0 Å². The number of nitrogens with one attached hydrogen (secondary N) is 1. The number of fused-ring (bicyclic) bond motifs is 1. The highest BCUT2D eigenvalue weighted by atomic mass is 32.2. The normalized spacial score (nSPS) is 25.2. The molecule has 1 aromatic carbocycles. The monoisotopic (exact) mass is 247 g/mol. The van der Waals surface area contributed by atoms with Crippen molar-refractivity contribution in [3.05, 3.63) is 34.8 Å². The van der Waals surface area contributed by atoms with E-state index in [0.29, 0.717) is 5.92 Å². The molecule has 0 aromatic heterocycles. The highest BCUT2D eigenvalue weighted by molar-refractivity contribution is 8.08. The van der Waals surface area contributed by atoms with Crippen molar-refractivity contribution in [1.82, 2.24) is 5.32 Å². The Morgan fingerprint density at radius 3 is 2.82 bits per heavy atom. The number of benzene rings is 1. The Morgan fingerprint density at radius 2 is 2.00 bits per heavy atom. The van der Waals surface area contributed by atoms with Gasteiger partial charge in [0.1, 0.15) is 5.50 Å². The predicted octanol–water partition coefficient (Wildman–Crippen LogP) is 0.403. The summed E-state index contributed by atoms with van der Waals surface area (Å²) in [5.74, 6) is 0.656. The maximum Gasteiger partial charge on any atom is 0.149 e. The van der Waals surface area contributed by atoms with Crippen LogP contribution in [0.1, 0.15) is 12.8 Å². The van der Waals surface area contributed by atoms with Gasteiger partial charge in [-0.2, -0.15) is 0 Å². The molecule has 3 N–H and O–H groups in total. The van der Waals surface area contributed by atoms with Gasteiger partial charge in [-0.3, -0.25) is 4.99 Å². The van der Waals surface area contributed by atoms with Crippen molar-refractivity contribution < 1.29 is 0 Å². The molecule has 1 unspecified atom stereocenters. The number of para-hydroxylation sites is 1. The summed E-state index contributed by atoms with van der Waals surface area (Å²) in [5, 5.41) is 5.77. The van der Waals surface area contributed by atoms with E-state index in [1.165, 1.54) is 23.0 Å². The predicted molar refractivity (Wildman–Crippen MR) is 71.8 cm³/mol. The van der Waals surface area contributed by atoms with E-state index in [9.17, 15) is 0 Å². The second-order valence-corrected chi connectivity index (χ2v) is 5.70. The van der Waals surface area contributed by atoms with Gasteiger partial charge in [0, 0.05) is 10.1 Å². The van der Waals surface area contributed by atoms with E-state index in [1.54, 1.807) is 11.8 Å². The molecule has 0 bridgehead atoms. The van der Waals surface area contributed by atoms with Gasteiger partial charge < -0.3 is 11.1 Å². The van der Waals surface area contributed by atoms with Crippen LogP contribution < -0.4 is 21.6 Å². The van der Waals surface area contributed by atoms with E-state index < -0.39 is 0 Å². The first kappa shape index (κ1) is 11.3. The lowest BCUT2D eigenvalue weighted by Gasteiger charge is -2.27. The maximum absolute atomic E-state index is 6.01. The van der Waals surface area contributed by atoms with Crippen LogP contribution in [0.5, 0.6) is 0 Å². The molecule has 0 radical (unpaired) electrons. The Bertz CT molecular complexity index is 520. The van der Waals surface area contributed by atoms with Gasteiger partial charge in [0.05, 0.1) is 5.36 Å². The summed E-state index contributed by atoms with van der Waals surface area (Å²) >= 11 is 1.74. The summed E-state index contributed by atoms with van der Waals surface area (Å²) in [6, 6.07) is 8.36. The minimum absolute atomic E-state index is 0.130. The van der Waals surface area contributed by atoms with Crippen molar-refractivity contribution >= 4 is 16.7 Å². The molecule has 2 aliphatic heterocycles. The number of thioether (sulfide) groups is 1. The number of nitrogens with two attached hydrogens (primary N) is 1. The highest BCUT2D eigenvalue weighted by Gasteiger charge is 2.22. The molecule has 1 aromatic rings. The number of rotatable bonds is 1. The van der Waals surface area contributed by atoms with Crippen molar-refractivity contribution in [3.63, 3.8) is 0 Å². The Hall–Kier alpha value is -0.840. The van der Waals surface area contributed by atoms with E-state index in [2.05, 4.69) is 28.5 Å². The molecule has 2 heterocycles. The Kier molecular flexibility index (Phi) is 3.18. The third-order valence-corrected chi connectivity index (χ3v) is 4.55. The first-order chi connectivity index (χ1) is 8.34. The molecule has 17 heavy (non-hydrogen) atoms. The van der Waals surface area contributed by atoms with Crippen LogP contribution in [0.2, 0.25) is 0 Å². The van der Waals surface area contributed by atoms with E-state index in [0.717, 1.165) is 18.4 Å². The zero-order valence-corrected chi connectivity index (χ0v) is 10.5. The van der Waals surface area contributed by atoms with Crippen molar-refractivity contribution in [3.8, 4) is 0 Å². The van der Waals surface area contributed by atoms with Gasteiger partial charge in [-0.25, -0.2) is 0 Å². The van der Waals surface area contributed by atoms with Crippen molar-refractivity contribution in [1.29, 1.82) is 0 Å². The third kappa shape index (κ3) is 2.25. The van der Waals surface area contributed by atoms with Gasteiger partial charge in [-0.1, -0.05) is 30.0 Å². The van der Waals surface area contributed by atoms with Gasteiger partial charge in [0.25, 0.3) is 0 Å². The summed E-state index contributed by atoms with van der Waals surface area (Å²) in [4.78, 5) is 5.94. The quantitative estimate of drug-likeness (QED) is 0.755. The van der Waals surface area contributed by atoms with Crippen LogP contribution >= 0.6 is 11.8 Å². The molecule has 0 saturated carbocycles. The average Bonchev–Trinajstić information content (AvgIpc) is 2.39. The standard InChI is InChI=1S/C13H17N3S/c14-13-16-11-4-2-1-3-10(11)12(17-13)9-5-7-15-8-6-9/h1-4,9,13,15H,5-8,14H2. The SMILES string of the molecule is NC1N=c2ccccc2=C(C2CCNCC2)S1. The summed E-state index contributed by atoms with van der Waals surface area (Å²) in [6.07, 6.45) is 2.42. The molecule has 0 amide bonds. The Morgan fingerprint density at radius 1 is 1.24 bits per heavy atom. The molecule has 3 nitrogen and oxygen atoms in total. The molecule has 1 fully saturated rings. The Labute approximate surface area is 105 Å². The fourth-order valence-corrected chi connectivity index (χ4v) is 3.71. The van der Waals surface area contributed by atoms with Gasteiger partial charge in [-0.15, -0.1) is 0 Å². The number of piperidine rings is 1. The second kappa shape index (κ2) is 4.80. The molecule has 1 atom stereocenters. The van der Waals surface area contributed by atoms with E-state index in [1.807, 2.05) is 6.07 Å². The third-order valence-electron chi connectivity index (χ3n) is 3.39. The molecule has 1 saturated heterocycles. The van der Waals surface area contributed by atoms with E-state index >= 15 is 0 Å². The smallest absolute Gasteiger partial charge is 0.149 e. The summed E-state index contributed by atoms with van der Waals surface area (Å²) in [5.41, 5.74) is 5.88. The molecule has 3 rings (SSSR count). The zero-order valence-electron chi connectivity index (χ0n) is 9.73. The van der Waals surface area contributed by atoms with Gasteiger partial charge in [0.15, 0.2) is 0 Å². The fourth-order valence-electron chi connectivity index (χ4n) is 2.55. The second-order valence-electron chi connectivity index (χ2n) is 4.54. The largest absolute Gasteiger partial charge is 0.317 e. The first-order valence-corrected chi connectivity index (χ1v) is 7.02. The average molecular weight is 247 g/mol. The molecule has 0 spiro atoms. The van der Waals surface area contributed by atoms with Crippen LogP contribution in [0.3, 0.4) is 0 Å². The van der Waals surface area contributed by atoms with Crippen LogP contribution in [0.15, 0.2) is 29.3 Å². The van der Waals surface area contributed by atoms with Crippen molar-refractivity contribution in [2.75, 3.05) is 13.1 Å². The molecular formula is C13H17N3S. The minimum Gasteiger partial charge on any atom is -0.317 e. The molecule has 2 aliphatic rings. The summed E-state index contributed by atoms with van der Waals surface area (Å²) in [6.45, 7) is 2.23. The maximum atomic E-state index is 6.01. The van der Waals surface area contributed by atoms with Gasteiger partial charge in [0.2, 0.25) is 0 Å². The number of hydrogen-bond donors (Lipinski definition) is 2. The lowest BCUT2D eigenvalue weighted by Crippen LogP contribution is -2.38. The van der Waals surface area contributed by atoms with Crippen LogP contribution in [0.25, 0.3) is 4.91 Å². The molecule has 4 heteroatoms. The van der Waals surface area contributed by atoms with E-state index in [4.69, 9.17) is 5.73 Å². The number of hydrogen-bond acceptors (Lipinski definition) is 4. The first-order valence-electron chi connectivity index (χ1n) is 6.14. The summed E-state index contributed by atoms with van der Waals surface area (Å²) < 4.78 is 0. The molecular weight excluding hydrogens is 230 g/mol. The van der Waals surface area contributed by atoms with Crippen LogP contribution in [0, 0.1) is 5.92 Å². The molecule has 90 valence electrons. The van der Waals surface area contributed by atoms with Crippen molar-refractivity contribution in [2.24, 2.45) is 16.6 Å². The lowest BCUT2D eigenvalue weighted by molar-refractivity contribution is 0.450. The topological polar surface area (TPSA) is 50.4 Å². The fraction of sp³-hybridized carbons (Fsp3) is 0.462. The Balaban J connectivity index is 2.10. The zero-order chi connectivity index (χ0) is 11.7. The van der Waals surface area contributed by atoms with Crippen LogP contribution in [-0.2, 0) is 0 Å². The molecule has 0 aliphatic carbocycles. The highest BCUT2D eigenvalue weighted by Crippen LogP contribution is 2.33. The summed E-state index contributed by atoms with van der Waals surface area (Å²) in [7, 11) is 0. The lowest BCUT2D eigenvalue weighted by atomic mass is 9.96. The van der Waals surface area contributed by atoms with E-state index in [-0.39, 0.29) is 5.50 Å². The van der Waals surface area contributed by atoms with Crippen LogP contribution in [-0.4, -0.2) is 18.6 Å². The van der Waals surface area contributed by atoms with Gasteiger partial charge in [-0.05, 0) is 37.9 Å². The van der Waals surface area contributed by atoms with Crippen molar-refractivity contribution in [2.45, 2.75) is 18.3 Å². The number of nitrogens with zero attached hydrogens (tertiary/aromatic N) is 1. The minimum atomic E-state index is -0.130.